The zero-order chi connectivity index (χ0) is 14.8. The molecule has 0 spiro atoms. The van der Waals surface area contributed by atoms with E-state index in [1.165, 1.54) is 38.6 Å². The second kappa shape index (κ2) is 6.36. The standard InChI is InChI=1S/C15H23ClN4O/c1-19-10-13(16)14(18-19)15(21)17-8-11-6-7-20(9-11)12-4-2-3-5-12/h10-12H,2-9H2,1H3,(H,17,21)/t11-/m1/s1. The molecule has 3 rings (SSSR count). The van der Waals surface area contributed by atoms with Crippen molar-refractivity contribution in [2.45, 2.75) is 38.1 Å². The van der Waals surface area contributed by atoms with E-state index >= 15 is 0 Å². The van der Waals surface area contributed by atoms with Crippen LogP contribution in [0.2, 0.25) is 5.02 Å². The normalized spacial score (nSPS) is 23.8. The summed E-state index contributed by atoms with van der Waals surface area (Å²) in [6.45, 7) is 3.01. The van der Waals surface area contributed by atoms with Gasteiger partial charge < -0.3 is 10.2 Å². The Bertz CT molecular complexity index is 510. The number of aryl methyl sites for hydroxylation is 1. The molecule has 1 atom stereocenters. The van der Waals surface area contributed by atoms with Crippen molar-refractivity contribution < 1.29 is 4.79 Å². The predicted molar refractivity (Wildman–Crippen MR) is 82.5 cm³/mol. The van der Waals surface area contributed by atoms with Crippen LogP contribution < -0.4 is 5.32 Å². The highest BCUT2D eigenvalue weighted by Gasteiger charge is 2.30. The summed E-state index contributed by atoms with van der Waals surface area (Å²) in [6, 6.07) is 0.788. The van der Waals surface area contributed by atoms with Crippen LogP contribution in [0.15, 0.2) is 6.20 Å². The third kappa shape index (κ3) is 3.40. The number of nitrogens with one attached hydrogen (secondary N) is 1. The van der Waals surface area contributed by atoms with Crippen LogP contribution in [0, 0.1) is 5.92 Å². The topological polar surface area (TPSA) is 50.2 Å². The number of aromatic nitrogens is 2. The number of carbonyl (C=O) groups excluding carboxylic acids is 1. The van der Waals surface area contributed by atoms with Crippen molar-refractivity contribution in [2.24, 2.45) is 13.0 Å². The average Bonchev–Trinajstić information content (AvgIpc) is 3.15. The van der Waals surface area contributed by atoms with Crippen molar-refractivity contribution in [3.63, 3.8) is 0 Å². The lowest BCUT2D eigenvalue weighted by Crippen LogP contribution is -2.34. The minimum Gasteiger partial charge on any atom is -0.350 e. The molecule has 2 heterocycles. The van der Waals surface area contributed by atoms with Crippen LogP contribution in [-0.4, -0.2) is 46.3 Å². The van der Waals surface area contributed by atoms with Gasteiger partial charge in [0.2, 0.25) is 0 Å². The summed E-state index contributed by atoms with van der Waals surface area (Å²) in [5, 5.41) is 7.49. The van der Waals surface area contributed by atoms with Gasteiger partial charge in [0.25, 0.3) is 5.91 Å². The number of hydrogen-bond donors (Lipinski definition) is 1. The van der Waals surface area contributed by atoms with E-state index in [0.29, 0.717) is 16.6 Å². The van der Waals surface area contributed by atoms with Gasteiger partial charge in [0.1, 0.15) is 0 Å². The van der Waals surface area contributed by atoms with Gasteiger partial charge in [-0.15, -0.1) is 0 Å². The predicted octanol–water partition coefficient (Wildman–Crippen LogP) is 2.07. The average molecular weight is 311 g/mol. The van der Waals surface area contributed by atoms with Crippen LogP contribution in [0.25, 0.3) is 0 Å². The maximum Gasteiger partial charge on any atom is 0.273 e. The van der Waals surface area contributed by atoms with Crippen LogP contribution in [0.4, 0.5) is 0 Å². The maximum absolute atomic E-state index is 12.1. The van der Waals surface area contributed by atoms with Crippen molar-refractivity contribution in [3.05, 3.63) is 16.9 Å². The summed E-state index contributed by atoms with van der Waals surface area (Å²) in [6.07, 6.45) is 8.27. The van der Waals surface area contributed by atoms with Gasteiger partial charge in [-0.05, 0) is 31.7 Å². The number of rotatable bonds is 4. The highest BCUT2D eigenvalue weighted by molar-refractivity contribution is 6.33. The molecule has 1 saturated heterocycles. The lowest BCUT2D eigenvalue weighted by molar-refractivity contribution is 0.0941. The third-order valence-corrected chi connectivity index (χ3v) is 4.99. The van der Waals surface area contributed by atoms with Crippen LogP contribution in [-0.2, 0) is 7.05 Å². The molecule has 1 N–H and O–H groups in total. The van der Waals surface area contributed by atoms with E-state index in [2.05, 4.69) is 15.3 Å². The number of nitrogens with zero attached hydrogens (tertiary/aromatic N) is 3. The summed E-state index contributed by atoms with van der Waals surface area (Å²) in [5.41, 5.74) is 0.324. The molecular weight excluding hydrogens is 288 g/mol. The lowest BCUT2D eigenvalue weighted by atomic mass is 10.1. The molecule has 1 aliphatic carbocycles. The van der Waals surface area contributed by atoms with Gasteiger partial charge in [-0.3, -0.25) is 9.48 Å². The molecule has 2 aliphatic rings. The molecule has 1 amide bonds. The molecule has 0 radical (unpaired) electrons. The Balaban J connectivity index is 1.47. The van der Waals surface area contributed by atoms with Gasteiger partial charge in [-0.1, -0.05) is 24.4 Å². The van der Waals surface area contributed by atoms with Gasteiger partial charge in [-0.25, -0.2) is 0 Å². The Kier molecular flexibility index (Phi) is 4.50. The quantitative estimate of drug-likeness (QED) is 0.926. The SMILES string of the molecule is Cn1cc(Cl)c(C(=O)NC[C@H]2CCN(C3CCCC3)C2)n1. The minimum absolute atomic E-state index is 0.167. The van der Waals surface area contributed by atoms with Gasteiger partial charge in [0.05, 0.1) is 5.02 Å². The van der Waals surface area contributed by atoms with E-state index < -0.39 is 0 Å². The molecule has 116 valence electrons. The first kappa shape index (κ1) is 14.9. The van der Waals surface area contributed by atoms with E-state index in [-0.39, 0.29) is 5.91 Å². The van der Waals surface area contributed by atoms with Gasteiger partial charge >= 0.3 is 0 Å². The van der Waals surface area contributed by atoms with E-state index in [1.807, 2.05) is 0 Å². The lowest BCUT2D eigenvalue weighted by Gasteiger charge is -2.23. The summed E-state index contributed by atoms with van der Waals surface area (Å²) in [5.74, 6) is 0.386. The first-order valence-corrected chi connectivity index (χ1v) is 8.22. The zero-order valence-corrected chi connectivity index (χ0v) is 13.3. The number of likely N-dealkylation sites (tertiary alicyclic amines) is 1. The third-order valence-electron chi connectivity index (χ3n) is 4.71. The Morgan fingerprint density at radius 2 is 2.19 bits per heavy atom. The summed E-state index contributed by atoms with van der Waals surface area (Å²) < 4.78 is 1.56. The second-order valence-electron chi connectivity index (χ2n) is 6.30. The molecule has 5 nitrogen and oxygen atoms in total. The Morgan fingerprint density at radius 1 is 1.43 bits per heavy atom. The molecule has 1 aliphatic heterocycles. The highest BCUT2D eigenvalue weighted by Crippen LogP contribution is 2.28. The maximum atomic E-state index is 12.1. The van der Waals surface area contributed by atoms with Crippen molar-refractivity contribution in [1.29, 1.82) is 0 Å². The Hall–Kier alpha value is -1.07. The van der Waals surface area contributed by atoms with E-state index in [4.69, 9.17) is 11.6 Å². The first-order chi connectivity index (χ1) is 10.1. The monoisotopic (exact) mass is 310 g/mol. The summed E-state index contributed by atoms with van der Waals surface area (Å²) in [4.78, 5) is 14.7. The fourth-order valence-corrected chi connectivity index (χ4v) is 3.83. The van der Waals surface area contributed by atoms with Crippen molar-refractivity contribution in [2.75, 3.05) is 19.6 Å². The smallest absolute Gasteiger partial charge is 0.273 e. The Morgan fingerprint density at radius 3 is 2.86 bits per heavy atom. The van der Waals surface area contributed by atoms with Crippen LogP contribution in [0.3, 0.4) is 0 Å². The van der Waals surface area contributed by atoms with Crippen LogP contribution >= 0.6 is 11.6 Å². The summed E-state index contributed by atoms with van der Waals surface area (Å²) in [7, 11) is 1.76. The van der Waals surface area contributed by atoms with E-state index in [9.17, 15) is 4.79 Å². The fraction of sp³-hybridized carbons (Fsp3) is 0.733. The Labute approximate surface area is 130 Å². The molecule has 2 fully saturated rings. The van der Waals surface area contributed by atoms with Crippen LogP contribution in [0.1, 0.15) is 42.6 Å². The van der Waals surface area contributed by atoms with Crippen LogP contribution in [0.5, 0.6) is 0 Å². The first-order valence-electron chi connectivity index (χ1n) is 7.85. The van der Waals surface area contributed by atoms with Gasteiger partial charge in [-0.2, -0.15) is 5.10 Å². The van der Waals surface area contributed by atoms with E-state index in [1.54, 1.807) is 17.9 Å². The molecule has 1 aromatic rings. The number of hydrogen-bond acceptors (Lipinski definition) is 3. The molecule has 0 aromatic carbocycles. The van der Waals surface area contributed by atoms with Crippen molar-refractivity contribution >= 4 is 17.5 Å². The van der Waals surface area contributed by atoms with Crippen molar-refractivity contribution in [1.82, 2.24) is 20.0 Å². The number of halogens is 1. The van der Waals surface area contributed by atoms with Gasteiger partial charge in [0, 0.05) is 32.4 Å². The molecule has 0 unspecified atom stereocenters. The minimum atomic E-state index is -0.167. The highest BCUT2D eigenvalue weighted by atomic mass is 35.5. The molecule has 21 heavy (non-hydrogen) atoms. The van der Waals surface area contributed by atoms with E-state index in [0.717, 1.165) is 19.1 Å². The molecule has 1 aromatic heterocycles. The fourth-order valence-electron chi connectivity index (χ4n) is 3.56. The number of carbonyl (C=O) groups is 1. The molecular formula is C15H23ClN4O. The number of amides is 1. The second-order valence-corrected chi connectivity index (χ2v) is 6.70. The molecule has 6 heteroatoms. The largest absolute Gasteiger partial charge is 0.350 e. The molecule has 0 bridgehead atoms. The summed E-state index contributed by atoms with van der Waals surface area (Å²) >= 11 is 5.99. The molecule has 1 saturated carbocycles. The van der Waals surface area contributed by atoms with Crippen molar-refractivity contribution in [3.8, 4) is 0 Å². The van der Waals surface area contributed by atoms with Gasteiger partial charge in [0.15, 0.2) is 5.69 Å². The zero-order valence-electron chi connectivity index (χ0n) is 12.5.